The van der Waals surface area contributed by atoms with Gasteiger partial charge in [0.25, 0.3) is 5.91 Å². The third-order valence-electron chi connectivity index (χ3n) is 2.18. The third-order valence-corrected chi connectivity index (χ3v) is 2.18. The molecule has 0 bridgehead atoms. The van der Waals surface area contributed by atoms with Gasteiger partial charge in [0.15, 0.2) is 11.4 Å². The Kier molecular flexibility index (Phi) is 5.06. The quantitative estimate of drug-likeness (QED) is 0.722. The highest BCUT2D eigenvalue weighted by molar-refractivity contribution is 6.01. The van der Waals surface area contributed by atoms with Crippen molar-refractivity contribution in [2.75, 3.05) is 6.54 Å². The number of aromatic nitrogens is 2. The van der Waals surface area contributed by atoms with E-state index in [1.54, 1.807) is 0 Å². The minimum absolute atomic E-state index is 0.142. The first-order valence-corrected chi connectivity index (χ1v) is 5.49. The van der Waals surface area contributed by atoms with Crippen LogP contribution < -0.4 is 5.32 Å². The Balaban J connectivity index is 2.65. The van der Waals surface area contributed by atoms with E-state index in [0.29, 0.717) is 6.54 Å². The SMILES string of the molecule is CCCCCNC(=O)c1nccnc1C(=O)O. The molecule has 0 saturated heterocycles. The molecule has 0 spiro atoms. The number of carboxylic acids is 1. The van der Waals surface area contributed by atoms with Crippen LogP contribution in [0.1, 0.15) is 47.2 Å². The predicted octanol–water partition coefficient (Wildman–Crippen LogP) is 1.09. The van der Waals surface area contributed by atoms with Gasteiger partial charge in [-0.3, -0.25) is 4.79 Å². The summed E-state index contributed by atoms with van der Waals surface area (Å²) < 4.78 is 0. The molecular formula is C11H15N3O3. The standard InChI is InChI=1S/C11H15N3O3/c1-2-3-4-5-14-10(15)8-9(11(16)17)13-7-6-12-8/h6-7H,2-5H2,1H3,(H,14,15)(H,16,17). The fraction of sp³-hybridized carbons (Fsp3) is 0.455. The van der Waals surface area contributed by atoms with Crippen LogP contribution in [0.5, 0.6) is 0 Å². The molecule has 1 heterocycles. The van der Waals surface area contributed by atoms with Crippen LogP contribution in [0.4, 0.5) is 0 Å². The lowest BCUT2D eigenvalue weighted by molar-refractivity contribution is 0.0683. The van der Waals surface area contributed by atoms with E-state index in [9.17, 15) is 9.59 Å². The van der Waals surface area contributed by atoms with Crippen LogP contribution in [0.15, 0.2) is 12.4 Å². The van der Waals surface area contributed by atoms with Gasteiger partial charge in [0, 0.05) is 18.9 Å². The zero-order chi connectivity index (χ0) is 12.7. The first-order valence-electron chi connectivity index (χ1n) is 5.49. The minimum atomic E-state index is -1.25. The number of rotatable bonds is 6. The van der Waals surface area contributed by atoms with Crippen molar-refractivity contribution in [2.24, 2.45) is 0 Å². The van der Waals surface area contributed by atoms with E-state index in [0.717, 1.165) is 19.3 Å². The molecule has 0 aliphatic carbocycles. The van der Waals surface area contributed by atoms with Crippen LogP contribution in [0.25, 0.3) is 0 Å². The highest BCUT2D eigenvalue weighted by atomic mass is 16.4. The van der Waals surface area contributed by atoms with Crippen LogP contribution in [0.3, 0.4) is 0 Å². The maximum atomic E-state index is 11.7. The smallest absolute Gasteiger partial charge is 0.356 e. The van der Waals surface area contributed by atoms with Crippen molar-refractivity contribution in [3.63, 3.8) is 0 Å². The van der Waals surface area contributed by atoms with Crippen molar-refractivity contribution >= 4 is 11.9 Å². The zero-order valence-corrected chi connectivity index (χ0v) is 9.64. The number of hydrogen-bond donors (Lipinski definition) is 2. The summed E-state index contributed by atoms with van der Waals surface area (Å²) in [4.78, 5) is 29.8. The van der Waals surface area contributed by atoms with Gasteiger partial charge in [0.1, 0.15) is 0 Å². The molecule has 6 heteroatoms. The van der Waals surface area contributed by atoms with Crippen molar-refractivity contribution < 1.29 is 14.7 Å². The molecule has 0 fully saturated rings. The van der Waals surface area contributed by atoms with Gasteiger partial charge in [0.05, 0.1) is 0 Å². The van der Waals surface area contributed by atoms with E-state index >= 15 is 0 Å². The Labute approximate surface area is 99.1 Å². The second kappa shape index (κ2) is 6.57. The van der Waals surface area contributed by atoms with E-state index in [1.807, 2.05) is 0 Å². The molecule has 1 amide bonds. The number of hydrogen-bond acceptors (Lipinski definition) is 4. The van der Waals surface area contributed by atoms with Gasteiger partial charge < -0.3 is 10.4 Å². The molecule has 0 unspecified atom stereocenters. The lowest BCUT2D eigenvalue weighted by Crippen LogP contribution is -2.27. The van der Waals surface area contributed by atoms with Gasteiger partial charge in [-0.15, -0.1) is 0 Å². The summed E-state index contributed by atoms with van der Waals surface area (Å²) in [5.74, 6) is -1.75. The van der Waals surface area contributed by atoms with Crippen molar-refractivity contribution in [3.8, 4) is 0 Å². The number of carboxylic acid groups (broad SMARTS) is 1. The number of nitrogens with one attached hydrogen (secondary N) is 1. The molecule has 1 aromatic heterocycles. The monoisotopic (exact) mass is 237 g/mol. The largest absolute Gasteiger partial charge is 0.476 e. The maximum absolute atomic E-state index is 11.7. The Morgan fingerprint density at radius 1 is 1.24 bits per heavy atom. The molecule has 0 saturated carbocycles. The maximum Gasteiger partial charge on any atom is 0.356 e. The van der Waals surface area contributed by atoms with E-state index in [1.165, 1.54) is 12.4 Å². The van der Waals surface area contributed by atoms with E-state index in [2.05, 4.69) is 22.2 Å². The molecule has 0 aromatic carbocycles. The summed E-state index contributed by atoms with van der Waals surface area (Å²) in [6, 6.07) is 0. The second-order valence-corrected chi connectivity index (χ2v) is 3.52. The topological polar surface area (TPSA) is 92.2 Å². The Bertz CT molecular complexity index is 407. The van der Waals surface area contributed by atoms with Crippen LogP contribution in [-0.2, 0) is 0 Å². The molecule has 6 nitrogen and oxygen atoms in total. The van der Waals surface area contributed by atoms with Crippen LogP contribution in [0.2, 0.25) is 0 Å². The zero-order valence-electron chi connectivity index (χ0n) is 9.64. The van der Waals surface area contributed by atoms with Gasteiger partial charge in [-0.25, -0.2) is 14.8 Å². The highest BCUT2D eigenvalue weighted by Crippen LogP contribution is 2.01. The summed E-state index contributed by atoms with van der Waals surface area (Å²) in [6.07, 6.45) is 5.49. The summed E-state index contributed by atoms with van der Waals surface area (Å²) in [6.45, 7) is 2.58. The molecular weight excluding hydrogens is 222 g/mol. The molecule has 0 radical (unpaired) electrons. The first kappa shape index (κ1) is 13.1. The fourth-order valence-electron chi connectivity index (χ4n) is 1.32. The fourth-order valence-corrected chi connectivity index (χ4v) is 1.32. The number of carbonyl (C=O) groups excluding carboxylic acids is 1. The van der Waals surface area contributed by atoms with Crippen molar-refractivity contribution in [1.82, 2.24) is 15.3 Å². The Hall–Kier alpha value is -1.98. The molecule has 0 atom stereocenters. The highest BCUT2D eigenvalue weighted by Gasteiger charge is 2.18. The van der Waals surface area contributed by atoms with Gasteiger partial charge in [0.2, 0.25) is 0 Å². The Morgan fingerprint density at radius 2 is 1.88 bits per heavy atom. The van der Waals surface area contributed by atoms with Crippen molar-refractivity contribution in [1.29, 1.82) is 0 Å². The lowest BCUT2D eigenvalue weighted by atomic mass is 10.2. The van der Waals surface area contributed by atoms with E-state index in [-0.39, 0.29) is 11.4 Å². The molecule has 1 rings (SSSR count). The van der Waals surface area contributed by atoms with Crippen LogP contribution in [0, 0.1) is 0 Å². The number of carbonyl (C=O) groups is 2. The summed E-state index contributed by atoms with van der Waals surface area (Å²) in [7, 11) is 0. The summed E-state index contributed by atoms with van der Waals surface area (Å²) >= 11 is 0. The molecule has 0 aliphatic heterocycles. The Morgan fingerprint density at radius 3 is 2.47 bits per heavy atom. The summed E-state index contributed by atoms with van der Waals surface area (Å²) in [5, 5.41) is 11.5. The normalized spacial score (nSPS) is 9.94. The number of amides is 1. The van der Waals surface area contributed by atoms with Crippen molar-refractivity contribution in [2.45, 2.75) is 26.2 Å². The van der Waals surface area contributed by atoms with Crippen molar-refractivity contribution in [3.05, 3.63) is 23.8 Å². The molecule has 0 aliphatic rings. The third kappa shape index (κ3) is 3.82. The average Bonchev–Trinajstić information content (AvgIpc) is 2.34. The number of nitrogens with zero attached hydrogens (tertiary/aromatic N) is 2. The van der Waals surface area contributed by atoms with E-state index < -0.39 is 11.9 Å². The molecule has 92 valence electrons. The molecule has 1 aromatic rings. The molecule has 2 N–H and O–H groups in total. The first-order chi connectivity index (χ1) is 8.16. The molecule has 17 heavy (non-hydrogen) atoms. The average molecular weight is 237 g/mol. The van der Waals surface area contributed by atoms with E-state index in [4.69, 9.17) is 5.11 Å². The predicted molar refractivity (Wildman–Crippen MR) is 60.8 cm³/mol. The minimum Gasteiger partial charge on any atom is -0.476 e. The number of aromatic carboxylic acids is 1. The van der Waals surface area contributed by atoms with Gasteiger partial charge in [-0.1, -0.05) is 19.8 Å². The van der Waals surface area contributed by atoms with Crippen LogP contribution in [-0.4, -0.2) is 33.5 Å². The van der Waals surface area contributed by atoms with Gasteiger partial charge >= 0.3 is 5.97 Å². The lowest BCUT2D eigenvalue weighted by Gasteiger charge is -2.05. The van der Waals surface area contributed by atoms with Gasteiger partial charge in [-0.2, -0.15) is 0 Å². The second-order valence-electron chi connectivity index (χ2n) is 3.52. The summed E-state index contributed by atoms with van der Waals surface area (Å²) in [5.41, 5.74) is -0.461. The van der Waals surface area contributed by atoms with Crippen LogP contribution >= 0.6 is 0 Å². The number of unbranched alkanes of at least 4 members (excludes halogenated alkanes) is 2. The van der Waals surface area contributed by atoms with Gasteiger partial charge in [-0.05, 0) is 6.42 Å².